The number of benzene rings is 6. The fraction of sp³-hybridized carbons (Fsp3) is 0.227. The maximum absolute atomic E-state index is 7.40. The molecule has 0 unspecified atom stereocenters. The van der Waals surface area contributed by atoms with Crippen LogP contribution < -0.4 is 22.8 Å². The first-order valence-electron chi connectivity index (χ1n) is 38.4. The zero-order valence-corrected chi connectivity index (χ0v) is 69.4. The molecule has 0 aliphatic carbocycles. The second-order valence-electron chi connectivity index (χ2n) is 30.4. The van der Waals surface area contributed by atoms with Gasteiger partial charge in [0.2, 0.25) is 28.4 Å². The first-order chi connectivity index (χ1) is 54.1. The molecule has 0 N–H and O–H groups in total. The molecular formula is C97H105N16+5. The summed E-state index contributed by atoms with van der Waals surface area (Å²) < 4.78 is 20.7. The van der Waals surface area contributed by atoms with Crippen LogP contribution in [0, 0.1) is 96.6 Å². The van der Waals surface area contributed by atoms with E-state index in [9.17, 15) is 0 Å². The number of fused-ring (bicyclic) bond motifs is 1. The maximum Gasteiger partial charge on any atom is 0.217 e. The van der Waals surface area contributed by atoms with Crippen molar-refractivity contribution >= 4 is 16.5 Å². The Balaban J connectivity index is 0.000000131. The highest BCUT2D eigenvalue weighted by Gasteiger charge is 2.28. The van der Waals surface area contributed by atoms with E-state index in [0.29, 0.717) is 5.69 Å². The van der Waals surface area contributed by atoms with E-state index in [-0.39, 0.29) is 5.41 Å². The van der Waals surface area contributed by atoms with Crippen LogP contribution in [-0.4, -0.2) is 48.9 Å². The van der Waals surface area contributed by atoms with Crippen LogP contribution >= 0.6 is 0 Å². The predicted octanol–water partition coefficient (Wildman–Crippen LogP) is 18.8. The van der Waals surface area contributed by atoms with E-state index in [0.717, 1.165) is 51.0 Å². The summed E-state index contributed by atoms with van der Waals surface area (Å²) in [6.45, 7) is 42.2. The first-order valence-corrected chi connectivity index (χ1v) is 38.4. The molecule has 0 atom stereocenters. The number of hydrogen-bond acceptors (Lipinski definition) is 5. The summed E-state index contributed by atoms with van der Waals surface area (Å²) in [5, 5.41) is 24.1. The van der Waals surface area contributed by atoms with Gasteiger partial charge < -0.3 is 0 Å². The van der Waals surface area contributed by atoms with Crippen LogP contribution in [0.5, 0.6) is 0 Å². The molecule has 568 valence electrons. The number of aromatic nitrogens is 15. The summed E-state index contributed by atoms with van der Waals surface area (Å²) in [7, 11) is 9.89. The Morgan fingerprint density at radius 1 is 0.319 bits per heavy atom. The van der Waals surface area contributed by atoms with Crippen molar-refractivity contribution in [1.82, 2.24) is 48.9 Å². The molecule has 0 fully saturated rings. The van der Waals surface area contributed by atoms with E-state index >= 15 is 0 Å². The average Bonchev–Trinajstić information content (AvgIpc) is 0.969. The fourth-order valence-electron chi connectivity index (χ4n) is 15.4. The van der Waals surface area contributed by atoms with Crippen molar-refractivity contribution in [3.8, 4) is 84.7 Å². The lowest BCUT2D eigenvalue weighted by Crippen LogP contribution is -2.35. The summed E-state index contributed by atoms with van der Waals surface area (Å²) in [5.74, 6) is 0. The van der Waals surface area contributed by atoms with Crippen LogP contribution in [0.2, 0.25) is 0 Å². The monoisotopic (exact) mass is 1490 g/mol. The molecule has 113 heavy (non-hydrogen) atoms. The molecule has 0 spiro atoms. The van der Waals surface area contributed by atoms with Gasteiger partial charge in [-0.05, 0) is 148 Å². The zero-order valence-electron chi connectivity index (χ0n) is 69.4. The molecule has 0 radical (unpaired) electrons. The Hall–Kier alpha value is -13.1. The van der Waals surface area contributed by atoms with Gasteiger partial charge in [-0.3, -0.25) is 23.4 Å². The normalized spacial score (nSPS) is 11.0. The van der Waals surface area contributed by atoms with Gasteiger partial charge in [0.05, 0.1) is 35.0 Å². The van der Waals surface area contributed by atoms with Crippen LogP contribution in [0.15, 0.2) is 256 Å². The Morgan fingerprint density at radius 3 is 1.07 bits per heavy atom. The van der Waals surface area contributed by atoms with Crippen molar-refractivity contribution in [1.29, 1.82) is 0 Å². The molecule has 0 aliphatic heterocycles. The van der Waals surface area contributed by atoms with E-state index in [2.05, 4.69) is 353 Å². The Labute approximate surface area is 666 Å². The summed E-state index contributed by atoms with van der Waals surface area (Å²) >= 11 is 0. The molecule has 0 bridgehead atoms. The number of nitrogens with zero attached hydrogens (tertiary/aromatic N) is 16. The first kappa shape index (κ1) is 79.4. The molecule has 0 aliphatic rings. The minimum Gasteiger partial charge on any atom is -0.268 e. The Morgan fingerprint density at radius 2 is 0.673 bits per heavy atom. The molecular weight excluding hydrogens is 1390 g/mol. The largest absolute Gasteiger partial charge is 0.268 e. The van der Waals surface area contributed by atoms with E-state index in [1.165, 1.54) is 123 Å². The van der Waals surface area contributed by atoms with E-state index in [4.69, 9.17) is 6.57 Å². The molecule has 10 aromatic heterocycles. The van der Waals surface area contributed by atoms with Gasteiger partial charge in [0.25, 0.3) is 0 Å². The van der Waals surface area contributed by atoms with Gasteiger partial charge in [-0.25, -0.2) is 4.85 Å². The molecule has 0 amide bonds. The van der Waals surface area contributed by atoms with Gasteiger partial charge in [0.1, 0.15) is 0 Å². The standard InChI is InChI=1S/C21H20N3.C21H26N3.C19H22N3.C18H17N4.C18H20N3/c1-15-8-6-7-13-24(15)20-14-17-9-4-5-10-18(17)21(16(20)2)19-11-12-22-23(19)3;1-15-9-7-8-12-24(15)20-14-17(21(3,4)5)13-18(16(20)2)19-10-11-22-23(19)6;1-13-12-14(2)19(22-11-7-6-8-15(22)3)16(4)18(13)17-9-10-20-21(17)5;1-13-7-5-6-10-22(13)18-12-15(19-3)11-16(14(18)2)17-8-9-20-21(17)4;1-13-11-16(17-8-9-19-20(17)4)15(3)18(12-13)21-10-6-5-7-14(21)2/h4-14H,1-3H3;7-14H,1-6H3;6-12H,1-5H3;5-12H,1-2,4H3;5-12H,1-4H3/q5*+1. The molecule has 10 heterocycles. The van der Waals surface area contributed by atoms with Crippen molar-refractivity contribution in [2.45, 2.75) is 116 Å². The highest BCUT2D eigenvalue weighted by Crippen LogP contribution is 2.38. The van der Waals surface area contributed by atoms with Crippen LogP contribution in [0.3, 0.4) is 0 Å². The van der Waals surface area contributed by atoms with E-state index in [1.54, 1.807) is 6.20 Å². The van der Waals surface area contributed by atoms with Gasteiger partial charge >= 0.3 is 0 Å². The van der Waals surface area contributed by atoms with E-state index < -0.39 is 0 Å². The zero-order chi connectivity index (χ0) is 80.7. The molecule has 0 saturated heterocycles. The highest BCUT2D eigenvalue weighted by molar-refractivity contribution is 5.99. The molecule has 16 rings (SSSR count). The van der Waals surface area contributed by atoms with Gasteiger partial charge in [-0.15, -0.1) is 0 Å². The lowest BCUT2D eigenvalue weighted by molar-refractivity contribution is -0.603. The van der Waals surface area contributed by atoms with Gasteiger partial charge in [0, 0.05) is 241 Å². The second-order valence-corrected chi connectivity index (χ2v) is 30.4. The minimum atomic E-state index is 0.0824. The maximum atomic E-state index is 7.40. The molecule has 16 aromatic rings. The SMILES string of the molecule is Cc1c(-[n+]2ccccc2C)cc2ccccc2c1-c1ccnn1C.Cc1c(-c2ccnn2C)cc(C(C)(C)C)cc1-[n+]1ccccc1C.Cc1cc(-c2ccnn2C)c(C)c(-[n+]2ccccc2C)c1.Cc1cc(C)c(-[n+]2ccccc2C)c(C)c1-c1ccnn1C.[C-]#[N+]c1cc(-c2ccnn2C)c(C)c(-[n+]2ccccc2C)c1. The average molecular weight is 1500 g/mol. The third-order valence-corrected chi connectivity index (χ3v) is 21.5. The van der Waals surface area contributed by atoms with Crippen molar-refractivity contribution in [3.63, 3.8) is 0 Å². The van der Waals surface area contributed by atoms with Crippen molar-refractivity contribution in [3.05, 3.63) is 346 Å². The third-order valence-electron chi connectivity index (χ3n) is 21.5. The summed E-state index contributed by atoms with van der Waals surface area (Å²) in [4.78, 5) is 3.63. The van der Waals surface area contributed by atoms with Crippen molar-refractivity contribution in [2.75, 3.05) is 0 Å². The fourth-order valence-corrected chi connectivity index (χ4v) is 15.4. The van der Waals surface area contributed by atoms with Crippen LogP contribution in [-0.2, 0) is 40.7 Å². The smallest absolute Gasteiger partial charge is 0.217 e. The topological polar surface area (TPSA) is 113 Å². The lowest BCUT2D eigenvalue weighted by Gasteiger charge is -2.21. The summed E-state index contributed by atoms with van der Waals surface area (Å²) in [6, 6.07) is 67.6. The third kappa shape index (κ3) is 16.8. The van der Waals surface area contributed by atoms with Gasteiger partial charge in [-0.2, -0.15) is 48.3 Å². The Bertz CT molecular complexity index is 6190. The number of rotatable bonds is 10. The van der Waals surface area contributed by atoms with Crippen LogP contribution in [0.25, 0.3) is 100 Å². The Kier molecular flexibility index (Phi) is 23.9. The van der Waals surface area contributed by atoms with Crippen molar-refractivity contribution in [2.24, 2.45) is 35.2 Å². The molecule has 16 heteroatoms. The van der Waals surface area contributed by atoms with Crippen LogP contribution in [0.4, 0.5) is 5.69 Å². The number of pyridine rings is 5. The number of aryl methyl sites for hydroxylation is 13. The quantitative estimate of drug-likeness (QED) is 0.1000. The lowest BCUT2D eigenvalue weighted by atomic mass is 9.84. The van der Waals surface area contributed by atoms with Gasteiger partial charge in [0.15, 0.2) is 65.1 Å². The number of hydrogen-bond donors (Lipinski definition) is 0. The molecule has 0 saturated carbocycles. The van der Waals surface area contributed by atoms with Crippen molar-refractivity contribution < 1.29 is 22.8 Å². The summed E-state index contributed by atoms with van der Waals surface area (Å²) in [6.07, 6.45) is 19.7. The highest BCUT2D eigenvalue weighted by atomic mass is 15.3. The minimum absolute atomic E-state index is 0.0824. The van der Waals surface area contributed by atoms with Crippen LogP contribution in [0.1, 0.15) is 99.3 Å². The van der Waals surface area contributed by atoms with Gasteiger partial charge in [-0.1, -0.05) is 75.4 Å². The predicted molar refractivity (Wildman–Crippen MR) is 455 cm³/mol. The van der Waals surface area contributed by atoms with E-state index in [1.807, 2.05) is 120 Å². The summed E-state index contributed by atoms with van der Waals surface area (Å²) in [5.41, 5.74) is 35.7. The molecule has 6 aromatic carbocycles. The second kappa shape index (κ2) is 34.0. The molecule has 16 nitrogen and oxygen atoms in total.